The van der Waals surface area contributed by atoms with Crippen LogP contribution >= 0.6 is 11.8 Å². The van der Waals surface area contributed by atoms with E-state index in [0.717, 1.165) is 21.2 Å². The molecular weight excluding hydrogens is 266 g/mol. The summed E-state index contributed by atoms with van der Waals surface area (Å²) in [5, 5.41) is 3.16. The Morgan fingerprint density at radius 3 is 2.40 bits per heavy atom. The molecule has 0 radical (unpaired) electrons. The minimum atomic E-state index is 0.548. The maximum Gasteiger partial charge on any atom is 0.192 e. The van der Waals surface area contributed by atoms with Crippen molar-refractivity contribution in [3.05, 3.63) is 59.9 Å². The average Bonchev–Trinajstić information content (AvgIpc) is 2.50. The van der Waals surface area contributed by atoms with E-state index in [1.165, 1.54) is 10.8 Å². The van der Waals surface area contributed by atoms with Gasteiger partial charge in [0.25, 0.3) is 0 Å². The van der Waals surface area contributed by atoms with Crippen LogP contribution in [0, 0.1) is 6.92 Å². The van der Waals surface area contributed by atoms with Crippen LogP contribution < -0.4 is 5.73 Å². The third-order valence-electron chi connectivity index (χ3n) is 3.15. The van der Waals surface area contributed by atoms with Crippen LogP contribution in [0.4, 0.5) is 0 Å². The Morgan fingerprint density at radius 1 is 1.00 bits per heavy atom. The molecule has 100 valence electrons. The molecule has 3 nitrogen and oxygen atoms in total. The molecule has 2 aromatic carbocycles. The van der Waals surface area contributed by atoms with Crippen LogP contribution in [0.3, 0.4) is 0 Å². The van der Waals surface area contributed by atoms with E-state index in [2.05, 4.69) is 34.2 Å². The summed E-state index contributed by atoms with van der Waals surface area (Å²) in [7, 11) is 0. The van der Waals surface area contributed by atoms with E-state index in [9.17, 15) is 0 Å². The summed E-state index contributed by atoms with van der Waals surface area (Å²) in [5.74, 6) is 0. The van der Waals surface area contributed by atoms with Crippen molar-refractivity contribution in [2.75, 3.05) is 0 Å². The van der Waals surface area contributed by atoms with E-state index in [1.54, 1.807) is 11.8 Å². The number of hydrogen-bond donors (Lipinski definition) is 1. The van der Waals surface area contributed by atoms with Gasteiger partial charge in [0, 0.05) is 23.8 Å². The average molecular weight is 281 g/mol. The lowest BCUT2D eigenvalue weighted by Crippen LogP contribution is -1.97. The molecule has 0 unspecified atom stereocenters. The molecule has 1 aromatic heterocycles. The smallest absolute Gasteiger partial charge is 0.192 e. The summed E-state index contributed by atoms with van der Waals surface area (Å²) in [4.78, 5) is 9.85. The highest BCUT2D eigenvalue weighted by atomic mass is 32.2. The molecule has 0 aliphatic rings. The molecule has 2 N–H and O–H groups in total. The van der Waals surface area contributed by atoms with E-state index in [1.807, 2.05) is 31.5 Å². The van der Waals surface area contributed by atoms with Crippen LogP contribution in [0.25, 0.3) is 10.8 Å². The number of nitrogens with zero attached hydrogens (tertiary/aromatic N) is 2. The number of nitrogens with two attached hydrogens (primary N) is 1. The zero-order chi connectivity index (χ0) is 13.9. The van der Waals surface area contributed by atoms with Crippen molar-refractivity contribution in [2.45, 2.75) is 23.5 Å². The lowest BCUT2D eigenvalue weighted by atomic mass is 10.0. The Balaban J connectivity index is 2.06. The molecule has 0 bridgehead atoms. The van der Waals surface area contributed by atoms with Crippen LogP contribution in [0.15, 0.2) is 58.8 Å². The van der Waals surface area contributed by atoms with Gasteiger partial charge in [0.1, 0.15) is 0 Å². The molecule has 0 spiro atoms. The molecule has 4 heteroatoms. The van der Waals surface area contributed by atoms with Gasteiger partial charge in [-0.15, -0.1) is 0 Å². The topological polar surface area (TPSA) is 51.8 Å². The molecular formula is C16H15N3S. The summed E-state index contributed by atoms with van der Waals surface area (Å²) in [6.45, 7) is 2.53. The maximum absolute atomic E-state index is 5.80. The van der Waals surface area contributed by atoms with Crippen LogP contribution in [0.2, 0.25) is 0 Å². The Labute approximate surface area is 122 Å². The minimum absolute atomic E-state index is 0.548. The van der Waals surface area contributed by atoms with E-state index in [0.29, 0.717) is 6.54 Å². The normalized spacial score (nSPS) is 10.9. The number of fused-ring (bicyclic) bond motifs is 1. The van der Waals surface area contributed by atoms with E-state index in [-0.39, 0.29) is 0 Å². The van der Waals surface area contributed by atoms with Gasteiger partial charge in [-0.2, -0.15) is 0 Å². The lowest BCUT2D eigenvalue weighted by Gasteiger charge is -2.09. The van der Waals surface area contributed by atoms with Gasteiger partial charge in [0.2, 0.25) is 0 Å². The molecule has 20 heavy (non-hydrogen) atoms. The monoisotopic (exact) mass is 281 g/mol. The van der Waals surface area contributed by atoms with Crippen LogP contribution in [0.5, 0.6) is 0 Å². The van der Waals surface area contributed by atoms with Crippen molar-refractivity contribution < 1.29 is 0 Å². The van der Waals surface area contributed by atoms with Gasteiger partial charge < -0.3 is 5.73 Å². The van der Waals surface area contributed by atoms with E-state index < -0.39 is 0 Å². The lowest BCUT2D eigenvalue weighted by molar-refractivity contribution is 0.950. The quantitative estimate of drug-likeness (QED) is 0.746. The zero-order valence-electron chi connectivity index (χ0n) is 11.2. The Kier molecular flexibility index (Phi) is 3.67. The number of aryl methyl sites for hydroxylation is 1. The predicted molar refractivity (Wildman–Crippen MR) is 82.7 cm³/mol. The van der Waals surface area contributed by atoms with Crippen molar-refractivity contribution in [2.24, 2.45) is 5.73 Å². The molecule has 0 saturated carbocycles. The highest BCUT2D eigenvalue weighted by molar-refractivity contribution is 7.99. The summed E-state index contributed by atoms with van der Waals surface area (Å²) in [6.07, 6.45) is 3.68. The van der Waals surface area contributed by atoms with Gasteiger partial charge in [-0.3, -0.25) is 0 Å². The van der Waals surface area contributed by atoms with Crippen molar-refractivity contribution >= 4 is 22.5 Å². The van der Waals surface area contributed by atoms with Crippen molar-refractivity contribution in [1.82, 2.24) is 9.97 Å². The van der Waals surface area contributed by atoms with Gasteiger partial charge >= 0.3 is 0 Å². The van der Waals surface area contributed by atoms with Crippen LogP contribution in [-0.4, -0.2) is 9.97 Å². The molecule has 3 rings (SSSR count). The second-order valence-corrected chi connectivity index (χ2v) is 5.63. The fraction of sp³-hybridized carbons (Fsp3) is 0.125. The summed E-state index contributed by atoms with van der Waals surface area (Å²) < 4.78 is 0. The number of aromatic nitrogens is 2. The highest BCUT2D eigenvalue weighted by Crippen LogP contribution is 2.33. The van der Waals surface area contributed by atoms with Gasteiger partial charge in [0.15, 0.2) is 5.16 Å². The largest absolute Gasteiger partial charge is 0.326 e. The molecule has 0 amide bonds. The predicted octanol–water partition coefficient (Wildman–Crippen LogP) is 3.55. The fourth-order valence-corrected chi connectivity index (χ4v) is 2.96. The Morgan fingerprint density at radius 2 is 1.70 bits per heavy atom. The third kappa shape index (κ3) is 2.53. The second kappa shape index (κ2) is 5.61. The number of rotatable bonds is 3. The van der Waals surface area contributed by atoms with Gasteiger partial charge in [0.05, 0.1) is 0 Å². The van der Waals surface area contributed by atoms with Gasteiger partial charge in [-0.25, -0.2) is 9.97 Å². The van der Waals surface area contributed by atoms with E-state index in [4.69, 9.17) is 5.73 Å². The third-order valence-corrected chi connectivity index (χ3v) is 4.12. The van der Waals surface area contributed by atoms with E-state index >= 15 is 0 Å². The van der Waals surface area contributed by atoms with Gasteiger partial charge in [-0.1, -0.05) is 30.3 Å². The molecule has 0 atom stereocenters. The SMILES string of the molecule is Cc1cnc(Sc2ccc(CN)c3ccccc23)nc1. The molecule has 0 aliphatic heterocycles. The standard InChI is InChI=1S/C16H15N3S/c1-11-9-18-16(19-10-11)20-15-7-6-12(8-17)13-4-2-3-5-14(13)15/h2-7,9-10H,8,17H2,1H3. The van der Waals surface area contributed by atoms with Gasteiger partial charge in [-0.05, 0) is 46.7 Å². The number of hydrogen-bond acceptors (Lipinski definition) is 4. The Hall–Kier alpha value is -1.91. The first-order valence-corrected chi connectivity index (χ1v) is 7.27. The van der Waals surface area contributed by atoms with Crippen LogP contribution in [0.1, 0.15) is 11.1 Å². The number of benzene rings is 2. The summed E-state index contributed by atoms with van der Waals surface area (Å²) in [5.41, 5.74) is 8.03. The second-order valence-electron chi connectivity index (χ2n) is 4.62. The zero-order valence-corrected chi connectivity index (χ0v) is 12.0. The first kappa shape index (κ1) is 13.1. The van der Waals surface area contributed by atoms with Crippen LogP contribution in [-0.2, 0) is 6.54 Å². The molecule has 0 saturated heterocycles. The van der Waals surface area contributed by atoms with Crippen molar-refractivity contribution in [1.29, 1.82) is 0 Å². The maximum atomic E-state index is 5.80. The summed E-state index contributed by atoms with van der Waals surface area (Å²) >= 11 is 1.58. The molecule has 0 fully saturated rings. The molecule has 3 aromatic rings. The highest BCUT2D eigenvalue weighted by Gasteiger charge is 2.07. The fourth-order valence-electron chi connectivity index (χ4n) is 2.13. The first-order valence-electron chi connectivity index (χ1n) is 6.45. The Bertz CT molecular complexity index is 738. The minimum Gasteiger partial charge on any atom is -0.326 e. The summed E-state index contributed by atoms with van der Waals surface area (Å²) in [6, 6.07) is 12.5. The van der Waals surface area contributed by atoms with Crippen molar-refractivity contribution in [3.63, 3.8) is 0 Å². The molecule has 1 heterocycles. The van der Waals surface area contributed by atoms with Crippen molar-refractivity contribution in [3.8, 4) is 0 Å². The molecule has 0 aliphatic carbocycles. The first-order chi connectivity index (χ1) is 9.78.